The lowest BCUT2D eigenvalue weighted by molar-refractivity contribution is -0.127. The van der Waals surface area contributed by atoms with Crippen molar-refractivity contribution in [2.45, 2.75) is 38.5 Å². The average Bonchev–Trinajstić information content (AvgIpc) is 3.43. The summed E-state index contributed by atoms with van der Waals surface area (Å²) in [6, 6.07) is 18.2. The summed E-state index contributed by atoms with van der Waals surface area (Å²) in [6.07, 6.45) is 6.41. The van der Waals surface area contributed by atoms with Crippen molar-refractivity contribution < 1.29 is 9.53 Å². The van der Waals surface area contributed by atoms with Gasteiger partial charge in [0, 0.05) is 63.3 Å². The number of carbonyl (C=O) groups excluding carboxylic acids is 1. The Kier molecular flexibility index (Phi) is 8.82. The highest BCUT2D eigenvalue weighted by Crippen LogP contribution is 2.27. The molecule has 10 heteroatoms. The number of rotatable bonds is 10. The monoisotopic (exact) mass is 570 g/mol. The van der Waals surface area contributed by atoms with Crippen LogP contribution in [0.2, 0.25) is 5.02 Å². The zero-order chi connectivity index (χ0) is 28.8. The number of halogens is 1. The third-order valence-electron chi connectivity index (χ3n) is 7.43. The van der Waals surface area contributed by atoms with Gasteiger partial charge >= 0.3 is 0 Å². The molecule has 1 aliphatic rings. The standard InChI is InChI=1S/C31H31ClN6O3/c1-41-28-8-6-24-15-29(36(19-25(24)14-28)12-13-37-20-26(32)7-9-30(37)39)31(40)35-11-10-27-17-34-21-38(27)18-23-4-2-22(16-33)3-5-23/h2-9,14,17,20-21,29H,10-13,15,18-19H2,1H3,(H,35,40). The van der Waals surface area contributed by atoms with Gasteiger partial charge < -0.3 is 19.2 Å². The van der Waals surface area contributed by atoms with Crippen LogP contribution >= 0.6 is 11.6 Å². The van der Waals surface area contributed by atoms with Crippen LogP contribution < -0.4 is 15.6 Å². The van der Waals surface area contributed by atoms with Crippen LogP contribution in [0, 0.1) is 11.3 Å². The molecule has 1 aliphatic heterocycles. The van der Waals surface area contributed by atoms with E-state index in [4.69, 9.17) is 21.6 Å². The minimum absolute atomic E-state index is 0.0527. The van der Waals surface area contributed by atoms with Crippen LogP contribution in [-0.4, -0.2) is 51.2 Å². The molecule has 1 N–H and O–H groups in total. The molecular formula is C31H31ClN6O3. The average molecular weight is 571 g/mol. The largest absolute Gasteiger partial charge is 0.497 e. The Bertz CT molecular complexity index is 1620. The maximum atomic E-state index is 13.5. The van der Waals surface area contributed by atoms with Gasteiger partial charge in [-0.05, 0) is 53.4 Å². The quantitative estimate of drug-likeness (QED) is 0.313. The van der Waals surface area contributed by atoms with Crippen molar-refractivity contribution in [3.63, 3.8) is 0 Å². The van der Waals surface area contributed by atoms with Gasteiger partial charge in [0.25, 0.3) is 5.56 Å². The molecule has 0 spiro atoms. The first-order chi connectivity index (χ1) is 19.9. The normalized spacial score (nSPS) is 14.7. The first kappa shape index (κ1) is 28.1. The summed E-state index contributed by atoms with van der Waals surface area (Å²) >= 11 is 6.12. The van der Waals surface area contributed by atoms with E-state index in [9.17, 15) is 9.59 Å². The lowest BCUT2D eigenvalue weighted by Gasteiger charge is -2.36. The van der Waals surface area contributed by atoms with Gasteiger partial charge in [-0.1, -0.05) is 29.8 Å². The molecule has 0 fully saturated rings. The minimum Gasteiger partial charge on any atom is -0.497 e. The third-order valence-corrected chi connectivity index (χ3v) is 7.66. The van der Waals surface area contributed by atoms with Crippen LogP contribution in [0.5, 0.6) is 5.75 Å². The number of carbonyl (C=O) groups is 1. The number of nitrogens with one attached hydrogen (secondary N) is 1. The van der Waals surface area contributed by atoms with E-state index in [1.807, 2.05) is 41.1 Å². The molecule has 9 nitrogen and oxygen atoms in total. The molecule has 0 saturated carbocycles. The van der Waals surface area contributed by atoms with Crippen LogP contribution in [0.3, 0.4) is 0 Å². The lowest BCUT2D eigenvalue weighted by Crippen LogP contribution is -2.51. The fraction of sp³-hybridized carbons (Fsp3) is 0.290. The number of hydrogen-bond donors (Lipinski definition) is 1. The summed E-state index contributed by atoms with van der Waals surface area (Å²) in [7, 11) is 1.64. The number of imidazole rings is 1. The number of nitrogens with zero attached hydrogens (tertiary/aromatic N) is 5. The molecule has 1 unspecified atom stereocenters. The molecule has 4 aromatic rings. The van der Waals surface area contributed by atoms with E-state index in [1.54, 1.807) is 42.4 Å². The second-order valence-electron chi connectivity index (χ2n) is 10.1. The number of methoxy groups -OCH3 is 1. The van der Waals surface area contributed by atoms with E-state index < -0.39 is 0 Å². The number of aromatic nitrogens is 3. The highest BCUT2D eigenvalue weighted by molar-refractivity contribution is 6.30. The Morgan fingerprint density at radius 1 is 1.12 bits per heavy atom. The van der Waals surface area contributed by atoms with Crippen molar-refractivity contribution in [2.75, 3.05) is 20.2 Å². The van der Waals surface area contributed by atoms with Crippen LogP contribution in [0.25, 0.3) is 0 Å². The summed E-state index contributed by atoms with van der Waals surface area (Å²) < 4.78 is 9.04. The van der Waals surface area contributed by atoms with Gasteiger partial charge in [-0.3, -0.25) is 14.5 Å². The second-order valence-corrected chi connectivity index (χ2v) is 10.5. The topological polar surface area (TPSA) is 105 Å². The van der Waals surface area contributed by atoms with Gasteiger partial charge in [-0.15, -0.1) is 0 Å². The summed E-state index contributed by atoms with van der Waals surface area (Å²) in [5, 5.41) is 12.6. The van der Waals surface area contributed by atoms with E-state index >= 15 is 0 Å². The van der Waals surface area contributed by atoms with Gasteiger partial charge in [0.05, 0.1) is 36.1 Å². The molecule has 0 radical (unpaired) electrons. The summed E-state index contributed by atoms with van der Waals surface area (Å²) in [4.78, 5) is 32.3. The maximum Gasteiger partial charge on any atom is 0.250 e. The van der Waals surface area contributed by atoms with Gasteiger partial charge in [0.15, 0.2) is 0 Å². The predicted molar refractivity (Wildman–Crippen MR) is 156 cm³/mol. The molecule has 1 amide bonds. The smallest absolute Gasteiger partial charge is 0.250 e. The maximum absolute atomic E-state index is 13.5. The summed E-state index contributed by atoms with van der Waals surface area (Å²) in [6.45, 7) is 2.58. The van der Waals surface area contributed by atoms with Crippen molar-refractivity contribution in [3.05, 3.63) is 117 Å². The lowest BCUT2D eigenvalue weighted by atomic mass is 9.93. The van der Waals surface area contributed by atoms with Gasteiger partial charge in [0.2, 0.25) is 5.91 Å². The Morgan fingerprint density at radius 3 is 2.73 bits per heavy atom. The third kappa shape index (κ3) is 6.85. The van der Waals surface area contributed by atoms with Crippen molar-refractivity contribution >= 4 is 17.5 Å². The van der Waals surface area contributed by atoms with E-state index in [0.29, 0.717) is 56.2 Å². The highest BCUT2D eigenvalue weighted by Gasteiger charge is 2.31. The Morgan fingerprint density at radius 2 is 1.95 bits per heavy atom. The first-order valence-corrected chi connectivity index (χ1v) is 13.8. The number of fused-ring (bicyclic) bond motifs is 1. The van der Waals surface area contributed by atoms with E-state index in [-0.39, 0.29) is 17.5 Å². The van der Waals surface area contributed by atoms with Gasteiger partial charge in [-0.2, -0.15) is 5.26 Å². The fourth-order valence-electron chi connectivity index (χ4n) is 5.16. The van der Waals surface area contributed by atoms with Crippen molar-refractivity contribution in [1.82, 2.24) is 24.3 Å². The molecule has 210 valence electrons. The van der Waals surface area contributed by atoms with E-state index in [1.165, 1.54) is 6.07 Å². The van der Waals surface area contributed by atoms with E-state index in [2.05, 4.69) is 21.3 Å². The van der Waals surface area contributed by atoms with E-state index in [0.717, 1.165) is 28.1 Å². The molecule has 1 atom stereocenters. The molecule has 3 heterocycles. The number of ether oxygens (including phenoxy) is 1. The number of benzene rings is 2. The first-order valence-electron chi connectivity index (χ1n) is 13.4. The molecule has 2 aromatic heterocycles. The number of hydrogen-bond acceptors (Lipinski definition) is 6. The van der Waals surface area contributed by atoms with Crippen LogP contribution in [0.15, 0.2) is 78.1 Å². The second kappa shape index (κ2) is 12.9. The molecule has 5 rings (SSSR count). The van der Waals surface area contributed by atoms with Gasteiger partial charge in [-0.25, -0.2) is 4.98 Å². The zero-order valence-corrected chi connectivity index (χ0v) is 23.6. The van der Waals surface area contributed by atoms with Gasteiger partial charge in [0.1, 0.15) is 5.75 Å². The van der Waals surface area contributed by atoms with Crippen molar-refractivity contribution in [2.24, 2.45) is 0 Å². The number of amides is 1. The Hall–Kier alpha value is -4.39. The summed E-state index contributed by atoms with van der Waals surface area (Å²) in [5.74, 6) is 0.721. The summed E-state index contributed by atoms with van der Waals surface area (Å²) in [5.41, 5.74) is 4.79. The Labute approximate surface area is 243 Å². The number of nitriles is 1. The molecular weight excluding hydrogens is 540 g/mol. The Balaban J connectivity index is 1.25. The predicted octanol–water partition coefficient (Wildman–Crippen LogP) is 3.41. The molecule has 2 aromatic carbocycles. The SMILES string of the molecule is COc1ccc2c(c1)CN(CCn1cc(Cl)ccc1=O)C(C(=O)NCCc1cncn1Cc1ccc(C#N)cc1)C2. The molecule has 41 heavy (non-hydrogen) atoms. The van der Waals surface area contributed by atoms with Crippen LogP contribution in [0.4, 0.5) is 0 Å². The minimum atomic E-state index is -0.380. The number of pyridine rings is 1. The zero-order valence-electron chi connectivity index (χ0n) is 22.8. The van der Waals surface area contributed by atoms with Crippen molar-refractivity contribution in [3.8, 4) is 11.8 Å². The highest BCUT2D eigenvalue weighted by atomic mass is 35.5. The van der Waals surface area contributed by atoms with Crippen molar-refractivity contribution in [1.29, 1.82) is 5.26 Å². The molecule has 0 saturated heterocycles. The van der Waals surface area contributed by atoms with Crippen LogP contribution in [0.1, 0.15) is 27.9 Å². The molecule has 0 bridgehead atoms. The fourth-order valence-corrected chi connectivity index (χ4v) is 5.34. The molecule has 0 aliphatic carbocycles. The van der Waals surface area contributed by atoms with Crippen LogP contribution in [-0.2, 0) is 37.3 Å².